The average molecular weight is 366 g/mol. The van der Waals surface area contributed by atoms with Crippen LogP contribution >= 0.6 is 0 Å². The molecule has 1 aliphatic heterocycles. The molecule has 0 aliphatic carbocycles. The molecule has 3 rings (SSSR count). The van der Waals surface area contributed by atoms with Crippen LogP contribution in [0, 0.1) is 6.92 Å². The maximum Gasteiger partial charge on any atom is 0.248 e. The van der Waals surface area contributed by atoms with E-state index in [1.807, 2.05) is 54.3 Å². The second-order valence-electron chi connectivity index (χ2n) is 6.92. The summed E-state index contributed by atoms with van der Waals surface area (Å²) < 4.78 is 5.59. The number of amides is 2. The van der Waals surface area contributed by atoms with E-state index in [1.54, 1.807) is 0 Å². The molecule has 1 atom stereocenters. The molecule has 2 amide bonds. The lowest BCUT2D eigenvalue weighted by atomic mass is 10.1. The first-order valence-corrected chi connectivity index (χ1v) is 9.36. The second-order valence-corrected chi connectivity index (χ2v) is 6.92. The van der Waals surface area contributed by atoms with Crippen LogP contribution in [-0.2, 0) is 27.2 Å². The predicted molar refractivity (Wildman–Crippen MR) is 104 cm³/mol. The molecular formula is C22H26N2O3. The molecule has 0 spiro atoms. The highest BCUT2D eigenvalue weighted by Crippen LogP contribution is 2.10. The highest BCUT2D eigenvalue weighted by molar-refractivity contribution is 5.79. The SMILES string of the molecule is Cc1ccccc1CC(=O)NCC1CN(CCc2ccccc2)C(=O)CO1. The van der Waals surface area contributed by atoms with Gasteiger partial charge in [-0.15, -0.1) is 0 Å². The molecule has 1 heterocycles. The first-order chi connectivity index (χ1) is 13.1. The summed E-state index contributed by atoms with van der Waals surface area (Å²) in [5.41, 5.74) is 3.35. The van der Waals surface area contributed by atoms with Crippen LogP contribution < -0.4 is 5.32 Å². The van der Waals surface area contributed by atoms with Gasteiger partial charge < -0.3 is 15.0 Å². The van der Waals surface area contributed by atoms with E-state index in [0.717, 1.165) is 17.5 Å². The van der Waals surface area contributed by atoms with E-state index in [0.29, 0.717) is 26.1 Å². The fourth-order valence-corrected chi connectivity index (χ4v) is 3.20. The van der Waals surface area contributed by atoms with Gasteiger partial charge in [0.15, 0.2) is 0 Å². The van der Waals surface area contributed by atoms with Crippen molar-refractivity contribution in [3.8, 4) is 0 Å². The van der Waals surface area contributed by atoms with Gasteiger partial charge >= 0.3 is 0 Å². The summed E-state index contributed by atoms with van der Waals surface area (Å²) in [7, 11) is 0. The van der Waals surface area contributed by atoms with Crippen molar-refractivity contribution in [3.63, 3.8) is 0 Å². The van der Waals surface area contributed by atoms with Gasteiger partial charge in [-0.1, -0.05) is 54.6 Å². The van der Waals surface area contributed by atoms with Crippen molar-refractivity contribution in [2.45, 2.75) is 25.9 Å². The van der Waals surface area contributed by atoms with Gasteiger partial charge in [0.1, 0.15) is 6.61 Å². The van der Waals surface area contributed by atoms with Crippen LogP contribution in [-0.4, -0.2) is 49.1 Å². The van der Waals surface area contributed by atoms with Crippen LogP contribution in [0.25, 0.3) is 0 Å². The van der Waals surface area contributed by atoms with Gasteiger partial charge in [0.2, 0.25) is 11.8 Å². The number of carbonyl (C=O) groups is 2. The fraction of sp³-hybridized carbons (Fsp3) is 0.364. The first kappa shape index (κ1) is 19.1. The molecule has 0 aromatic heterocycles. The first-order valence-electron chi connectivity index (χ1n) is 9.36. The van der Waals surface area contributed by atoms with E-state index in [4.69, 9.17) is 4.74 Å². The molecule has 1 unspecified atom stereocenters. The quantitative estimate of drug-likeness (QED) is 0.817. The number of nitrogens with one attached hydrogen (secondary N) is 1. The zero-order chi connectivity index (χ0) is 19.1. The topological polar surface area (TPSA) is 58.6 Å². The van der Waals surface area contributed by atoms with Crippen molar-refractivity contribution in [2.75, 3.05) is 26.2 Å². The third kappa shape index (κ3) is 5.66. The molecule has 1 N–H and O–H groups in total. The molecule has 5 heteroatoms. The number of rotatable bonds is 7. The molecule has 5 nitrogen and oxygen atoms in total. The van der Waals surface area contributed by atoms with Crippen LogP contribution in [0.4, 0.5) is 0 Å². The third-order valence-corrected chi connectivity index (χ3v) is 4.87. The number of nitrogens with zero attached hydrogens (tertiary/aromatic N) is 1. The molecular weight excluding hydrogens is 340 g/mol. The van der Waals surface area contributed by atoms with Crippen LogP contribution in [0.5, 0.6) is 0 Å². The number of hydrogen-bond acceptors (Lipinski definition) is 3. The Morgan fingerprint density at radius 3 is 2.67 bits per heavy atom. The molecule has 1 fully saturated rings. The fourth-order valence-electron chi connectivity index (χ4n) is 3.20. The molecule has 0 bridgehead atoms. The molecule has 142 valence electrons. The predicted octanol–water partition coefficient (Wildman–Crippen LogP) is 2.12. The van der Waals surface area contributed by atoms with Gasteiger partial charge in [-0.3, -0.25) is 9.59 Å². The van der Waals surface area contributed by atoms with Gasteiger partial charge in [0.25, 0.3) is 0 Å². The molecule has 1 aliphatic rings. The Morgan fingerprint density at radius 2 is 1.89 bits per heavy atom. The smallest absolute Gasteiger partial charge is 0.248 e. The Bertz CT molecular complexity index is 776. The lowest BCUT2D eigenvalue weighted by Crippen LogP contribution is -2.51. The van der Waals surface area contributed by atoms with Crippen molar-refractivity contribution in [3.05, 3.63) is 71.3 Å². The van der Waals surface area contributed by atoms with E-state index < -0.39 is 0 Å². The van der Waals surface area contributed by atoms with Crippen LogP contribution in [0.15, 0.2) is 54.6 Å². The third-order valence-electron chi connectivity index (χ3n) is 4.87. The Hall–Kier alpha value is -2.66. The van der Waals surface area contributed by atoms with Crippen molar-refractivity contribution in [1.82, 2.24) is 10.2 Å². The van der Waals surface area contributed by atoms with Gasteiger partial charge in [0.05, 0.1) is 12.5 Å². The van der Waals surface area contributed by atoms with Gasteiger partial charge in [0, 0.05) is 19.6 Å². The monoisotopic (exact) mass is 366 g/mol. The Balaban J connectivity index is 1.45. The zero-order valence-corrected chi connectivity index (χ0v) is 15.7. The average Bonchev–Trinajstić information content (AvgIpc) is 2.69. The van der Waals surface area contributed by atoms with E-state index in [-0.39, 0.29) is 24.5 Å². The summed E-state index contributed by atoms with van der Waals surface area (Å²) in [5.74, 6) is -0.0194. The van der Waals surface area contributed by atoms with Crippen LogP contribution in [0.1, 0.15) is 16.7 Å². The Labute approximate surface area is 160 Å². The van der Waals surface area contributed by atoms with E-state index >= 15 is 0 Å². The highest BCUT2D eigenvalue weighted by atomic mass is 16.5. The van der Waals surface area contributed by atoms with Crippen molar-refractivity contribution in [2.24, 2.45) is 0 Å². The normalized spacial score (nSPS) is 17.0. The number of morpholine rings is 1. The summed E-state index contributed by atoms with van der Waals surface area (Å²) in [6, 6.07) is 18.0. The van der Waals surface area contributed by atoms with Gasteiger partial charge in [-0.25, -0.2) is 0 Å². The summed E-state index contributed by atoms with van der Waals surface area (Å²) in [4.78, 5) is 26.1. The zero-order valence-electron chi connectivity index (χ0n) is 15.7. The number of aryl methyl sites for hydroxylation is 1. The van der Waals surface area contributed by atoms with E-state index in [9.17, 15) is 9.59 Å². The van der Waals surface area contributed by atoms with Crippen LogP contribution in [0.2, 0.25) is 0 Å². The molecule has 1 saturated heterocycles. The minimum absolute atomic E-state index is 0.00779. The number of carbonyl (C=O) groups excluding carboxylic acids is 2. The molecule has 2 aromatic rings. The summed E-state index contributed by atoms with van der Waals surface area (Å²) in [5, 5.41) is 2.94. The molecule has 2 aromatic carbocycles. The lowest BCUT2D eigenvalue weighted by Gasteiger charge is -2.33. The van der Waals surface area contributed by atoms with E-state index in [1.165, 1.54) is 5.56 Å². The molecule has 0 radical (unpaired) electrons. The summed E-state index contributed by atoms with van der Waals surface area (Å²) in [6.07, 6.45) is 1.01. The molecule has 27 heavy (non-hydrogen) atoms. The number of ether oxygens (including phenoxy) is 1. The second kappa shape index (κ2) is 9.33. The summed E-state index contributed by atoms with van der Waals surface area (Å²) >= 11 is 0. The van der Waals surface area contributed by atoms with Crippen molar-refractivity contribution < 1.29 is 14.3 Å². The Kier molecular flexibility index (Phi) is 6.60. The largest absolute Gasteiger partial charge is 0.365 e. The molecule has 0 saturated carbocycles. The standard InChI is InChI=1S/C22H26N2O3/c1-17-7-5-6-10-19(17)13-21(25)23-14-20-15-24(22(26)16-27-20)12-11-18-8-3-2-4-9-18/h2-10,20H,11-16H2,1H3,(H,23,25). The van der Waals surface area contributed by atoms with Gasteiger partial charge in [-0.2, -0.15) is 0 Å². The van der Waals surface area contributed by atoms with Crippen molar-refractivity contribution >= 4 is 11.8 Å². The minimum Gasteiger partial charge on any atom is -0.365 e. The maximum absolute atomic E-state index is 12.2. The Morgan fingerprint density at radius 1 is 1.15 bits per heavy atom. The maximum atomic E-state index is 12.2. The minimum atomic E-state index is -0.167. The number of hydrogen-bond donors (Lipinski definition) is 1. The summed E-state index contributed by atoms with van der Waals surface area (Å²) in [6.45, 7) is 3.67. The van der Waals surface area contributed by atoms with E-state index in [2.05, 4.69) is 17.4 Å². The number of benzene rings is 2. The van der Waals surface area contributed by atoms with Crippen molar-refractivity contribution in [1.29, 1.82) is 0 Å². The lowest BCUT2D eigenvalue weighted by molar-refractivity contribution is -0.148. The van der Waals surface area contributed by atoms with Gasteiger partial charge in [-0.05, 0) is 30.0 Å². The van der Waals surface area contributed by atoms with Crippen LogP contribution in [0.3, 0.4) is 0 Å². The highest BCUT2D eigenvalue weighted by Gasteiger charge is 2.26.